The van der Waals surface area contributed by atoms with Crippen LogP contribution < -0.4 is 0 Å². The number of halogens is 1. The second-order valence-electron chi connectivity index (χ2n) is 9.13. The van der Waals surface area contributed by atoms with E-state index in [0.29, 0.717) is 11.4 Å². The van der Waals surface area contributed by atoms with Gasteiger partial charge >= 0.3 is 5.97 Å². The van der Waals surface area contributed by atoms with Crippen LogP contribution in [0.3, 0.4) is 0 Å². The number of morpholine rings is 1. The number of aryl methyl sites for hydroxylation is 1. The molecule has 0 unspecified atom stereocenters. The van der Waals surface area contributed by atoms with Crippen LogP contribution in [0.25, 0.3) is 0 Å². The fourth-order valence-electron chi connectivity index (χ4n) is 4.63. The van der Waals surface area contributed by atoms with Gasteiger partial charge in [0.05, 0.1) is 6.04 Å². The molecule has 1 aliphatic heterocycles. The second kappa shape index (κ2) is 12.0. The Bertz CT molecular complexity index is 1270. The van der Waals surface area contributed by atoms with E-state index in [2.05, 4.69) is 0 Å². The van der Waals surface area contributed by atoms with E-state index in [4.69, 9.17) is 16.3 Å². The molecular weight excluding hydrogens is 492 g/mol. The number of ether oxygens (including phenoxy) is 1. The zero-order chi connectivity index (χ0) is 26.4. The summed E-state index contributed by atoms with van der Waals surface area (Å²) >= 11 is 6.17. The highest BCUT2D eigenvalue weighted by Crippen LogP contribution is 2.33. The SMILES string of the molecule is Cc1cccc(CCN(CC(=O)O)C(=O)[C@@H]2OCC(=O)N(Cc3cccc(Cl)c3)[C@@H]2c2ccccc2)c1. The number of carbonyl (C=O) groups excluding carboxylic acids is 2. The van der Waals surface area contributed by atoms with Crippen LogP contribution in [0.4, 0.5) is 0 Å². The molecule has 2 amide bonds. The third-order valence-electron chi connectivity index (χ3n) is 6.35. The van der Waals surface area contributed by atoms with Gasteiger partial charge in [-0.05, 0) is 42.2 Å². The Morgan fingerprint density at radius 3 is 2.46 bits per heavy atom. The number of hydrogen-bond donors (Lipinski definition) is 1. The summed E-state index contributed by atoms with van der Waals surface area (Å²) < 4.78 is 5.84. The van der Waals surface area contributed by atoms with Gasteiger partial charge in [0.2, 0.25) is 5.91 Å². The molecule has 1 heterocycles. The van der Waals surface area contributed by atoms with Gasteiger partial charge in [-0.3, -0.25) is 14.4 Å². The minimum absolute atomic E-state index is 0.207. The van der Waals surface area contributed by atoms with Crippen LogP contribution in [-0.2, 0) is 32.1 Å². The average Bonchev–Trinajstić information content (AvgIpc) is 2.87. The third kappa shape index (κ3) is 6.76. The molecule has 1 aliphatic rings. The Morgan fingerprint density at radius 2 is 1.76 bits per heavy atom. The summed E-state index contributed by atoms with van der Waals surface area (Å²) in [6.45, 7) is 1.68. The van der Waals surface area contributed by atoms with E-state index in [1.807, 2.05) is 73.7 Å². The predicted octanol–water partition coefficient (Wildman–Crippen LogP) is 4.27. The molecule has 7 nitrogen and oxygen atoms in total. The quantitative estimate of drug-likeness (QED) is 0.455. The largest absolute Gasteiger partial charge is 0.480 e. The zero-order valence-corrected chi connectivity index (χ0v) is 21.3. The van der Waals surface area contributed by atoms with Crippen molar-refractivity contribution in [3.63, 3.8) is 0 Å². The summed E-state index contributed by atoms with van der Waals surface area (Å²) in [4.78, 5) is 41.5. The first-order chi connectivity index (χ1) is 17.8. The lowest BCUT2D eigenvalue weighted by Gasteiger charge is -2.42. The van der Waals surface area contributed by atoms with Crippen LogP contribution in [0.2, 0.25) is 5.02 Å². The molecule has 4 rings (SSSR count). The van der Waals surface area contributed by atoms with Gasteiger partial charge in [0.1, 0.15) is 13.2 Å². The number of carbonyl (C=O) groups is 3. The normalized spacial score (nSPS) is 17.5. The molecule has 0 spiro atoms. The van der Waals surface area contributed by atoms with Crippen LogP contribution in [0.15, 0.2) is 78.9 Å². The smallest absolute Gasteiger partial charge is 0.323 e. The molecule has 3 aromatic rings. The van der Waals surface area contributed by atoms with Crippen molar-refractivity contribution in [2.45, 2.75) is 32.0 Å². The fourth-order valence-corrected chi connectivity index (χ4v) is 4.84. The van der Waals surface area contributed by atoms with Gasteiger partial charge in [0.25, 0.3) is 5.91 Å². The van der Waals surface area contributed by atoms with Crippen molar-refractivity contribution in [1.29, 1.82) is 0 Å². The van der Waals surface area contributed by atoms with Crippen molar-refractivity contribution in [3.05, 3.63) is 106 Å². The molecule has 192 valence electrons. The molecule has 0 aliphatic carbocycles. The van der Waals surface area contributed by atoms with E-state index in [-0.39, 0.29) is 25.6 Å². The van der Waals surface area contributed by atoms with Gasteiger partial charge in [-0.25, -0.2) is 0 Å². The van der Waals surface area contributed by atoms with Crippen LogP contribution in [-0.4, -0.2) is 58.5 Å². The van der Waals surface area contributed by atoms with Crippen molar-refractivity contribution < 1.29 is 24.2 Å². The number of benzene rings is 3. The molecule has 0 bridgehead atoms. The van der Waals surface area contributed by atoms with Crippen molar-refractivity contribution >= 4 is 29.4 Å². The highest BCUT2D eigenvalue weighted by Gasteiger charge is 2.43. The van der Waals surface area contributed by atoms with E-state index in [0.717, 1.165) is 22.3 Å². The van der Waals surface area contributed by atoms with E-state index < -0.39 is 30.6 Å². The Balaban J connectivity index is 1.64. The molecule has 1 N–H and O–H groups in total. The lowest BCUT2D eigenvalue weighted by atomic mass is 9.95. The number of hydrogen-bond acceptors (Lipinski definition) is 4. The lowest BCUT2D eigenvalue weighted by molar-refractivity contribution is -0.171. The molecular formula is C29H29ClN2O5. The Hall–Kier alpha value is -3.68. The van der Waals surface area contributed by atoms with Gasteiger partial charge < -0.3 is 19.6 Å². The molecule has 1 fully saturated rings. The molecule has 1 saturated heterocycles. The van der Waals surface area contributed by atoms with E-state index in [1.54, 1.807) is 17.0 Å². The van der Waals surface area contributed by atoms with Crippen molar-refractivity contribution in [1.82, 2.24) is 9.80 Å². The molecule has 3 aromatic carbocycles. The zero-order valence-electron chi connectivity index (χ0n) is 20.5. The number of carboxylic acids is 1. The number of amides is 2. The first-order valence-corrected chi connectivity index (χ1v) is 12.5. The van der Waals surface area contributed by atoms with Gasteiger partial charge in [-0.2, -0.15) is 0 Å². The average molecular weight is 521 g/mol. The standard InChI is InChI=1S/C29H29ClN2O5/c1-20-7-5-8-21(15-20)13-14-31(18-26(34)35)29(36)28-27(23-10-3-2-4-11-23)32(25(33)19-37-28)17-22-9-6-12-24(30)16-22/h2-12,15-16,27-28H,13-14,17-19H2,1H3,(H,34,35)/t27-,28-/m1/s1. The van der Waals surface area contributed by atoms with Crippen LogP contribution in [0, 0.1) is 6.92 Å². The number of rotatable bonds is 9. The first kappa shape index (κ1) is 26.4. The molecule has 0 radical (unpaired) electrons. The van der Waals surface area contributed by atoms with E-state index >= 15 is 0 Å². The number of nitrogens with zero attached hydrogens (tertiary/aromatic N) is 2. The number of aliphatic carboxylic acids is 1. The minimum atomic E-state index is -1.11. The molecule has 37 heavy (non-hydrogen) atoms. The maximum atomic E-state index is 13.8. The number of carboxylic acid groups (broad SMARTS) is 1. The van der Waals surface area contributed by atoms with Gasteiger partial charge in [0, 0.05) is 18.1 Å². The molecule has 0 saturated carbocycles. The second-order valence-corrected chi connectivity index (χ2v) is 9.57. The van der Waals surface area contributed by atoms with Gasteiger partial charge in [-0.15, -0.1) is 0 Å². The Kier molecular flexibility index (Phi) is 8.58. The first-order valence-electron chi connectivity index (χ1n) is 12.1. The fraction of sp³-hybridized carbons (Fsp3) is 0.276. The van der Waals surface area contributed by atoms with E-state index in [9.17, 15) is 19.5 Å². The molecule has 0 aromatic heterocycles. The minimum Gasteiger partial charge on any atom is -0.480 e. The summed E-state index contributed by atoms with van der Waals surface area (Å²) in [5.74, 6) is -1.84. The summed E-state index contributed by atoms with van der Waals surface area (Å²) in [6, 6.07) is 23.6. The summed E-state index contributed by atoms with van der Waals surface area (Å²) in [5, 5.41) is 10.1. The maximum absolute atomic E-state index is 13.8. The maximum Gasteiger partial charge on any atom is 0.323 e. The van der Waals surface area contributed by atoms with Crippen molar-refractivity contribution in [3.8, 4) is 0 Å². The highest BCUT2D eigenvalue weighted by molar-refractivity contribution is 6.30. The van der Waals surface area contributed by atoms with E-state index in [1.165, 1.54) is 4.90 Å². The van der Waals surface area contributed by atoms with Crippen molar-refractivity contribution in [2.75, 3.05) is 19.7 Å². The van der Waals surface area contributed by atoms with Crippen LogP contribution >= 0.6 is 11.6 Å². The van der Waals surface area contributed by atoms with Gasteiger partial charge in [-0.1, -0.05) is 83.9 Å². The predicted molar refractivity (Wildman–Crippen MR) is 140 cm³/mol. The lowest BCUT2D eigenvalue weighted by Crippen LogP contribution is -2.55. The Labute approximate surface area is 221 Å². The monoisotopic (exact) mass is 520 g/mol. The van der Waals surface area contributed by atoms with Crippen LogP contribution in [0.1, 0.15) is 28.3 Å². The topological polar surface area (TPSA) is 87.1 Å². The van der Waals surface area contributed by atoms with Gasteiger partial charge in [0.15, 0.2) is 6.10 Å². The molecule has 8 heteroatoms. The molecule has 2 atom stereocenters. The summed E-state index contributed by atoms with van der Waals surface area (Å²) in [5.41, 5.74) is 3.63. The summed E-state index contributed by atoms with van der Waals surface area (Å²) in [6.07, 6.45) is -0.565. The van der Waals surface area contributed by atoms with Crippen LogP contribution in [0.5, 0.6) is 0 Å². The Morgan fingerprint density at radius 1 is 1.03 bits per heavy atom. The third-order valence-corrected chi connectivity index (χ3v) is 6.58. The summed E-state index contributed by atoms with van der Waals surface area (Å²) in [7, 11) is 0. The van der Waals surface area contributed by atoms with Crippen molar-refractivity contribution in [2.24, 2.45) is 0 Å². The highest BCUT2D eigenvalue weighted by atomic mass is 35.5.